The molecule has 0 heterocycles. The zero-order valence-electron chi connectivity index (χ0n) is 13.1. The molecule has 1 unspecified atom stereocenters. The zero-order chi connectivity index (χ0) is 14.9. The highest BCUT2D eigenvalue weighted by atomic mass is 16.5. The van der Waals surface area contributed by atoms with E-state index in [4.69, 9.17) is 15.7 Å². The molecule has 0 saturated heterocycles. The molecule has 4 N–H and O–H groups in total. The quantitative estimate of drug-likeness (QED) is 0.187. The third-order valence-electron chi connectivity index (χ3n) is 3.49. The van der Waals surface area contributed by atoms with Gasteiger partial charge in [-0.25, -0.2) is 0 Å². The maximum atomic E-state index is 8.72. The Bertz CT molecular complexity index is 265. The highest BCUT2D eigenvalue weighted by Crippen LogP contribution is 2.22. The van der Waals surface area contributed by atoms with Crippen LogP contribution < -0.4 is 11.1 Å². The van der Waals surface area contributed by atoms with Crippen molar-refractivity contribution in [1.82, 2.24) is 5.32 Å². The molecule has 5 heteroatoms. The first kappa shape index (κ1) is 18.2. The third kappa shape index (κ3) is 7.38. The Labute approximate surface area is 117 Å². The van der Waals surface area contributed by atoms with Gasteiger partial charge in [0.2, 0.25) is 0 Å². The number of oxime groups is 1. The Morgan fingerprint density at radius 1 is 1.42 bits per heavy atom. The summed E-state index contributed by atoms with van der Waals surface area (Å²) < 4.78 is 5.48. The summed E-state index contributed by atoms with van der Waals surface area (Å²) in [6.45, 7) is 12.8. The van der Waals surface area contributed by atoms with Gasteiger partial charge in [0, 0.05) is 18.1 Å². The van der Waals surface area contributed by atoms with Crippen LogP contribution >= 0.6 is 0 Å². The highest BCUT2D eigenvalue weighted by molar-refractivity contribution is 5.85. The van der Waals surface area contributed by atoms with Crippen molar-refractivity contribution >= 4 is 5.84 Å². The van der Waals surface area contributed by atoms with E-state index in [9.17, 15) is 0 Å². The molecular weight excluding hydrogens is 242 g/mol. The second-order valence-electron chi connectivity index (χ2n) is 5.94. The molecule has 0 aromatic rings. The van der Waals surface area contributed by atoms with Crippen molar-refractivity contribution < 1.29 is 9.94 Å². The van der Waals surface area contributed by atoms with Gasteiger partial charge in [0.05, 0.1) is 6.61 Å². The van der Waals surface area contributed by atoms with E-state index in [1.807, 2.05) is 20.8 Å². The molecule has 0 aliphatic rings. The van der Waals surface area contributed by atoms with Gasteiger partial charge in [-0.05, 0) is 32.2 Å². The van der Waals surface area contributed by atoms with Crippen molar-refractivity contribution in [2.24, 2.45) is 22.2 Å². The largest absolute Gasteiger partial charge is 0.409 e. The van der Waals surface area contributed by atoms with E-state index in [0.717, 1.165) is 32.6 Å². The van der Waals surface area contributed by atoms with Crippen LogP contribution in [0.4, 0.5) is 0 Å². The normalized spacial score (nSPS) is 14.9. The van der Waals surface area contributed by atoms with E-state index < -0.39 is 0 Å². The van der Waals surface area contributed by atoms with E-state index in [0.29, 0.717) is 17.8 Å². The van der Waals surface area contributed by atoms with Crippen molar-refractivity contribution in [3.63, 3.8) is 0 Å². The summed E-state index contributed by atoms with van der Waals surface area (Å²) in [7, 11) is 0. The molecule has 0 aliphatic carbocycles. The Morgan fingerprint density at radius 3 is 2.53 bits per heavy atom. The maximum absolute atomic E-state index is 8.72. The second-order valence-corrected chi connectivity index (χ2v) is 5.94. The molecule has 0 amide bonds. The van der Waals surface area contributed by atoms with E-state index in [-0.39, 0.29) is 5.41 Å². The third-order valence-corrected chi connectivity index (χ3v) is 3.49. The minimum atomic E-state index is -0.260. The van der Waals surface area contributed by atoms with Gasteiger partial charge in [-0.3, -0.25) is 0 Å². The molecule has 0 rings (SSSR count). The fraction of sp³-hybridized carbons (Fsp3) is 0.929. The Kier molecular flexibility index (Phi) is 8.76. The fourth-order valence-corrected chi connectivity index (χ4v) is 1.81. The maximum Gasteiger partial charge on any atom is 0.144 e. The lowest BCUT2D eigenvalue weighted by atomic mass is 9.86. The molecule has 5 nitrogen and oxygen atoms in total. The smallest absolute Gasteiger partial charge is 0.144 e. The van der Waals surface area contributed by atoms with E-state index in [1.54, 1.807) is 0 Å². The highest BCUT2D eigenvalue weighted by Gasteiger charge is 2.23. The number of nitrogens with zero attached hydrogens (tertiary/aromatic N) is 1. The van der Waals surface area contributed by atoms with Gasteiger partial charge in [-0.2, -0.15) is 0 Å². The molecule has 19 heavy (non-hydrogen) atoms. The molecule has 0 spiro atoms. The lowest BCUT2D eigenvalue weighted by molar-refractivity contribution is 0.108. The second kappa shape index (κ2) is 9.15. The van der Waals surface area contributed by atoms with Crippen LogP contribution in [0, 0.1) is 11.3 Å². The Hall–Kier alpha value is -0.810. The van der Waals surface area contributed by atoms with Gasteiger partial charge in [0.25, 0.3) is 0 Å². The van der Waals surface area contributed by atoms with Crippen LogP contribution in [0.25, 0.3) is 0 Å². The Morgan fingerprint density at radius 2 is 2.05 bits per heavy atom. The summed E-state index contributed by atoms with van der Waals surface area (Å²) in [5, 5.41) is 15.3. The van der Waals surface area contributed by atoms with Crippen molar-refractivity contribution in [2.75, 3.05) is 19.8 Å². The van der Waals surface area contributed by atoms with Crippen LogP contribution in [0.5, 0.6) is 0 Å². The minimum Gasteiger partial charge on any atom is -0.409 e. The van der Waals surface area contributed by atoms with Crippen molar-refractivity contribution in [3.05, 3.63) is 0 Å². The average molecular weight is 273 g/mol. The lowest BCUT2D eigenvalue weighted by Gasteiger charge is -2.25. The first-order chi connectivity index (χ1) is 8.85. The topological polar surface area (TPSA) is 79.9 Å². The van der Waals surface area contributed by atoms with Crippen LogP contribution in [0.1, 0.15) is 47.5 Å². The molecular formula is C14H31N3O2. The standard InChI is InChI=1S/C14H31N3O2/c1-6-19-10-12(11(2)3)16-9-7-8-14(4,5)13(15)17-18/h11-12,16,18H,6-10H2,1-5H3,(H2,15,17). The predicted octanol–water partition coefficient (Wildman–Crippen LogP) is 2.19. The summed E-state index contributed by atoms with van der Waals surface area (Å²) >= 11 is 0. The molecule has 114 valence electrons. The molecule has 0 fully saturated rings. The number of hydrogen-bond donors (Lipinski definition) is 3. The molecule has 0 aliphatic heterocycles. The monoisotopic (exact) mass is 273 g/mol. The van der Waals surface area contributed by atoms with Crippen LogP contribution in [-0.4, -0.2) is 36.8 Å². The van der Waals surface area contributed by atoms with Crippen LogP contribution in [-0.2, 0) is 4.74 Å². The predicted molar refractivity (Wildman–Crippen MR) is 79.5 cm³/mol. The number of amidine groups is 1. The van der Waals surface area contributed by atoms with Gasteiger partial charge in [0.1, 0.15) is 5.84 Å². The molecule has 0 aromatic heterocycles. The van der Waals surface area contributed by atoms with Crippen LogP contribution in [0.3, 0.4) is 0 Å². The minimum absolute atomic E-state index is 0.260. The fourth-order valence-electron chi connectivity index (χ4n) is 1.81. The molecule has 1 atom stereocenters. The summed E-state index contributed by atoms with van der Waals surface area (Å²) in [5.74, 6) is 0.839. The molecule has 0 saturated carbocycles. The average Bonchev–Trinajstić information content (AvgIpc) is 2.36. The van der Waals surface area contributed by atoms with Gasteiger partial charge in [-0.1, -0.05) is 32.9 Å². The molecule has 0 aromatic carbocycles. The van der Waals surface area contributed by atoms with E-state index in [1.165, 1.54) is 0 Å². The van der Waals surface area contributed by atoms with Crippen molar-refractivity contribution in [3.8, 4) is 0 Å². The lowest BCUT2D eigenvalue weighted by Crippen LogP contribution is -2.39. The molecule has 0 radical (unpaired) electrons. The summed E-state index contributed by atoms with van der Waals surface area (Å²) in [4.78, 5) is 0. The van der Waals surface area contributed by atoms with E-state index in [2.05, 4.69) is 24.3 Å². The zero-order valence-corrected chi connectivity index (χ0v) is 13.1. The van der Waals surface area contributed by atoms with Gasteiger partial charge >= 0.3 is 0 Å². The first-order valence-corrected chi connectivity index (χ1v) is 7.14. The first-order valence-electron chi connectivity index (χ1n) is 7.14. The number of rotatable bonds is 10. The van der Waals surface area contributed by atoms with Gasteiger partial charge in [-0.15, -0.1) is 0 Å². The van der Waals surface area contributed by atoms with Gasteiger partial charge < -0.3 is 21.0 Å². The van der Waals surface area contributed by atoms with E-state index >= 15 is 0 Å². The number of nitrogens with one attached hydrogen (secondary N) is 1. The summed E-state index contributed by atoms with van der Waals surface area (Å²) in [6.07, 6.45) is 1.87. The molecule has 0 bridgehead atoms. The van der Waals surface area contributed by atoms with Crippen molar-refractivity contribution in [1.29, 1.82) is 0 Å². The van der Waals surface area contributed by atoms with Crippen LogP contribution in [0.15, 0.2) is 5.16 Å². The van der Waals surface area contributed by atoms with Gasteiger partial charge in [0.15, 0.2) is 0 Å². The number of nitrogens with two attached hydrogens (primary N) is 1. The Balaban J connectivity index is 4.00. The number of ether oxygens (including phenoxy) is 1. The summed E-state index contributed by atoms with van der Waals surface area (Å²) in [6, 6.07) is 0.381. The number of hydrogen-bond acceptors (Lipinski definition) is 4. The van der Waals surface area contributed by atoms with Crippen molar-refractivity contribution in [2.45, 2.75) is 53.5 Å². The summed E-state index contributed by atoms with van der Waals surface area (Å²) in [5.41, 5.74) is 5.41. The van der Waals surface area contributed by atoms with Crippen LogP contribution in [0.2, 0.25) is 0 Å². The SMILES string of the molecule is CCOCC(NCCCC(C)(C)C(N)=NO)C(C)C.